The molecule has 0 saturated heterocycles. The summed E-state index contributed by atoms with van der Waals surface area (Å²) in [5.74, 6) is 0.470. The van der Waals surface area contributed by atoms with Gasteiger partial charge in [-0.2, -0.15) is 0 Å². The van der Waals surface area contributed by atoms with Gasteiger partial charge in [-0.25, -0.2) is 12.7 Å². The third kappa shape index (κ3) is 5.25. The summed E-state index contributed by atoms with van der Waals surface area (Å²) in [6, 6.07) is 4.88. The van der Waals surface area contributed by atoms with Crippen molar-refractivity contribution in [2.24, 2.45) is 5.92 Å². The molecular formula is C15H25ClN2O2S. The molecule has 0 spiro atoms. The van der Waals surface area contributed by atoms with E-state index in [2.05, 4.69) is 19.2 Å². The van der Waals surface area contributed by atoms with Crippen LogP contribution >= 0.6 is 11.6 Å². The summed E-state index contributed by atoms with van der Waals surface area (Å²) in [5, 5.41) is 3.74. The maximum Gasteiger partial charge on any atom is 0.242 e. The number of nitrogens with one attached hydrogen (secondary N) is 1. The van der Waals surface area contributed by atoms with Crippen LogP contribution in [0, 0.1) is 5.92 Å². The maximum atomic E-state index is 12.5. The van der Waals surface area contributed by atoms with E-state index in [4.69, 9.17) is 11.6 Å². The van der Waals surface area contributed by atoms with Crippen LogP contribution in [0.25, 0.3) is 0 Å². The molecule has 6 heteroatoms. The van der Waals surface area contributed by atoms with Crippen molar-refractivity contribution in [2.75, 3.05) is 20.1 Å². The van der Waals surface area contributed by atoms with Gasteiger partial charge < -0.3 is 5.32 Å². The van der Waals surface area contributed by atoms with E-state index in [9.17, 15) is 8.42 Å². The molecule has 0 radical (unpaired) electrons. The topological polar surface area (TPSA) is 49.4 Å². The molecule has 0 aliphatic rings. The summed E-state index contributed by atoms with van der Waals surface area (Å²) in [6.45, 7) is 8.05. The molecule has 0 heterocycles. The van der Waals surface area contributed by atoms with Crippen molar-refractivity contribution in [3.63, 3.8) is 0 Å². The van der Waals surface area contributed by atoms with Crippen LogP contribution < -0.4 is 5.32 Å². The van der Waals surface area contributed by atoms with Crippen LogP contribution in [0.15, 0.2) is 23.1 Å². The number of benzene rings is 1. The predicted octanol–water partition coefficient (Wildman–Crippen LogP) is 3.12. The normalized spacial score (nSPS) is 12.3. The second-order valence-corrected chi connectivity index (χ2v) is 7.99. The van der Waals surface area contributed by atoms with E-state index in [0.717, 1.165) is 18.5 Å². The lowest BCUT2D eigenvalue weighted by atomic mass is 10.1. The van der Waals surface area contributed by atoms with E-state index in [1.165, 1.54) is 4.31 Å². The second kappa shape index (κ2) is 8.13. The van der Waals surface area contributed by atoms with E-state index in [0.29, 0.717) is 28.9 Å². The highest BCUT2D eigenvalue weighted by molar-refractivity contribution is 7.89. The largest absolute Gasteiger partial charge is 0.313 e. The summed E-state index contributed by atoms with van der Waals surface area (Å²) in [5.41, 5.74) is 0.803. The van der Waals surface area contributed by atoms with E-state index >= 15 is 0 Å². The van der Waals surface area contributed by atoms with Crippen molar-refractivity contribution in [1.82, 2.24) is 9.62 Å². The molecule has 0 saturated carbocycles. The van der Waals surface area contributed by atoms with Crippen LogP contribution in [0.4, 0.5) is 0 Å². The summed E-state index contributed by atoms with van der Waals surface area (Å²) in [7, 11) is -1.83. The minimum atomic E-state index is -3.45. The molecule has 1 N–H and O–H groups in total. The third-order valence-electron chi connectivity index (χ3n) is 3.31. The zero-order valence-electron chi connectivity index (χ0n) is 13.2. The van der Waals surface area contributed by atoms with E-state index in [1.807, 2.05) is 6.92 Å². The summed E-state index contributed by atoms with van der Waals surface area (Å²) < 4.78 is 26.5. The highest BCUT2D eigenvalue weighted by atomic mass is 35.5. The van der Waals surface area contributed by atoms with Gasteiger partial charge in [-0.15, -0.1) is 0 Å². The van der Waals surface area contributed by atoms with Crippen LogP contribution in [-0.4, -0.2) is 32.9 Å². The highest BCUT2D eigenvalue weighted by Crippen LogP contribution is 2.22. The minimum absolute atomic E-state index is 0.297. The third-order valence-corrected chi connectivity index (χ3v) is 5.53. The van der Waals surface area contributed by atoms with Crippen LogP contribution in [0.2, 0.25) is 5.02 Å². The lowest BCUT2D eigenvalue weighted by molar-refractivity contribution is 0.428. The van der Waals surface area contributed by atoms with Crippen molar-refractivity contribution in [3.05, 3.63) is 28.8 Å². The highest BCUT2D eigenvalue weighted by Gasteiger charge is 2.21. The molecule has 1 rings (SSSR count). The Morgan fingerprint density at radius 1 is 1.33 bits per heavy atom. The Morgan fingerprint density at radius 2 is 2.00 bits per heavy atom. The average Bonchev–Trinajstić information content (AvgIpc) is 2.43. The van der Waals surface area contributed by atoms with Crippen LogP contribution in [-0.2, 0) is 16.6 Å². The van der Waals surface area contributed by atoms with Gasteiger partial charge in [0, 0.05) is 25.2 Å². The molecule has 0 amide bonds. The van der Waals surface area contributed by atoms with Gasteiger partial charge in [0.05, 0.1) is 4.90 Å². The fourth-order valence-electron chi connectivity index (χ4n) is 1.85. The Labute approximate surface area is 133 Å². The number of nitrogens with zero attached hydrogens (tertiary/aromatic N) is 1. The van der Waals surface area contributed by atoms with Gasteiger partial charge >= 0.3 is 0 Å². The van der Waals surface area contributed by atoms with Gasteiger partial charge in [-0.3, -0.25) is 0 Å². The fraction of sp³-hybridized carbons (Fsp3) is 0.600. The molecule has 0 unspecified atom stereocenters. The lowest BCUT2D eigenvalue weighted by Gasteiger charge is -2.19. The zero-order valence-corrected chi connectivity index (χ0v) is 14.8. The molecule has 1 aromatic rings. The molecule has 0 fully saturated rings. The van der Waals surface area contributed by atoms with E-state index in [1.54, 1.807) is 25.2 Å². The SMILES string of the molecule is CCNCc1cc(S(=O)(=O)N(C)CCC(C)C)ccc1Cl. The summed E-state index contributed by atoms with van der Waals surface area (Å²) >= 11 is 6.12. The number of halogens is 1. The first-order valence-corrected chi connectivity index (χ1v) is 9.06. The van der Waals surface area contributed by atoms with Gasteiger partial charge in [-0.05, 0) is 42.6 Å². The molecule has 0 aliphatic carbocycles. The Hall–Kier alpha value is -0.620. The summed E-state index contributed by atoms with van der Waals surface area (Å²) in [6.07, 6.45) is 0.841. The van der Waals surface area contributed by atoms with Crippen molar-refractivity contribution >= 4 is 21.6 Å². The van der Waals surface area contributed by atoms with Crippen LogP contribution in [0.1, 0.15) is 32.8 Å². The monoisotopic (exact) mass is 332 g/mol. The Morgan fingerprint density at radius 3 is 2.57 bits per heavy atom. The molecule has 120 valence electrons. The van der Waals surface area contributed by atoms with Gasteiger partial charge in [0.25, 0.3) is 0 Å². The number of hydrogen-bond donors (Lipinski definition) is 1. The van der Waals surface area contributed by atoms with Gasteiger partial charge in [0.1, 0.15) is 0 Å². The Balaban J connectivity index is 2.97. The maximum absolute atomic E-state index is 12.5. The standard InChI is InChI=1S/C15H25ClN2O2S/c1-5-17-11-13-10-14(6-7-15(13)16)21(19,20)18(4)9-8-12(2)3/h6-7,10,12,17H,5,8-9,11H2,1-4H3. The molecule has 0 atom stereocenters. The molecule has 1 aromatic carbocycles. The molecule has 0 bridgehead atoms. The molecule has 4 nitrogen and oxygen atoms in total. The molecular weight excluding hydrogens is 308 g/mol. The van der Waals surface area contributed by atoms with Crippen molar-refractivity contribution in [1.29, 1.82) is 0 Å². The number of hydrogen-bond acceptors (Lipinski definition) is 3. The number of sulfonamides is 1. The van der Waals surface area contributed by atoms with Crippen molar-refractivity contribution in [2.45, 2.75) is 38.6 Å². The van der Waals surface area contributed by atoms with E-state index in [-0.39, 0.29) is 0 Å². The van der Waals surface area contributed by atoms with Crippen LogP contribution in [0.3, 0.4) is 0 Å². The average molecular weight is 333 g/mol. The predicted molar refractivity (Wildman–Crippen MR) is 88.1 cm³/mol. The van der Waals surface area contributed by atoms with Crippen molar-refractivity contribution in [3.8, 4) is 0 Å². The first-order valence-electron chi connectivity index (χ1n) is 7.24. The quantitative estimate of drug-likeness (QED) is 0.795. The smallest absolute Gasteiger partial charge is 0.242 e. The fourth-order valence-corrected chi connectivity index (χ4v) is 3.27. The Bertz CT molecular complexity index is 559. The first-order chi connectivity index (χ1) is 9.78. The number of rotatable bonds is 8. The zero-order chi connectivity index (χ0) is 16.0. The second-order valence-electron chi connectivity index (χ2n) is 5.54. The summed E-state index contributed by atoms with van der Waals surface area (Å²) in [4.78, 5) is 0.297. The molecule has 21 heavy (non-hydrogen) atoms. The van der Waals surface area contributed by atoms with Gasteiger partial charge in [-0.1, -0.05) is 32.4 Å². The minimum Gasteiger partial charge on any atom is -0.313 e. The van der Waals surface area contributed by atoms with Crippen LogP contribution in [0.5, 0.6) is 0 Å². The van der Waals surface area contributed by atoms with Gasteiger partial charge in [0.15, 0.2) is 0 Å². The van der Waals surface area contributed by atoms with E-state index < -0.39 is 10.0 Å². The molecule has 0 aromatic heterocycles. The van der Waals surface area contributed by atoms with Crippen molar-refractivity contribution < 1.29 is 8.42 Å². The first kappa shape index (κ1) is 18.4. The Kier molecular flexibility index (Phi) is 7.13. The molecule has 0 aliphatic heterocycles. The lowest BCUT2D eigenvalue weighted by Crippen LogP contribution is -2.28. The van der Waals surface area contributed by atoms with Gasteiger partial charge in [0.2, 0.25) is 10.0 Å².